The summed E-state index contributed by atoms with van der Waals surface area (Å²) < 4.78 is 5.67. The van der Waals surface area contributed by atoms with E-state index in [4.69, 9.17) is 9.72 Å². The van der Waals surface area contributed by atoms with Crippen molar-refractivity contribution in [2.45, 2.75) is 33.7 Å². The Balaban J connectivity index is 1.84. The summed E-state index contributed by atoms with van der Waals surface area (Å²) in [5.74, 6) is 1.14. The molecule has 1 heterocycles. The molecule has 0 aliphatic heterocycles. The third-order valence-corrected chi connectivity index (χ3v) is 5.79. The van der Waals surface area contributed by atoms with Gasteiger partial charge < -0.3 is 15.2 Å². The molecule has 4 aromatic rings. The molecule has 1 aromatic heterocycles. The molecule has 0 aliphatic rings. The molecule has 33 heavy (non-hydrogen) atoms. The first kappa shape index (κ1) is 22.3. The average Bonchev–Trinajstić information content (AvgIpc) is 2.77. The number of nitrogens with zero attached hydrogens (tertiary/aromatic N) is 2. The van der Waals surface area contributed by atoms with E-state index in [1.54, 1.807) is 26.2 Å². The Hall–Kier alpha value is -3.93. The van der Waals surface area contributed by atoms with Crippen molar-refractivity contribution in [3.8, 4) is 16.9 Å². The molecule has 0 saturated carbocycles. The van der Waals surface area contributed by atoms with Crippen LogP contribution in [0.4, 0.5) is 5.82 Å². The van der Waals surface area contributed by atoms with Crippen LogP contribution in [-0.2, 0) is 0 Å². The number of hydrogen-bond acceptors (Lipinski definition) is 5. The third-order valence-electron chi connectivity index (χ3n) is 5.79. The number of nitrogens with one attached hydrogen (secondary N) is 1. The molecule has 0 bridgehead atoms. The highest BCUT2D eigenvalue weighted by Crippen LogP contribution is 2.37. The zero-order valence-corrected chi connectivity index (χ0v) is 19.4. The van der Waals surface area contributed by atoms with Gasteiger partial charge in [0.2, 0.25) is 0 Å². The van der Waals surface area contributed by atoms with Gasteiger partial charge in [0, 0.05) is 23.1 Å². The molecule has 0 aliphatic carbocycles. The van der Waals surface area contributed by atoms with Crippen molar-refractivity contribution in [2.24, 2.45) is 0 Å². The lowest BCUT2D eigenvalue weighted by Gasteiger charge is -2.19. The summed E-state index contributed by atoms with van der Waals surface area (Å²) >= 11 is 0. The van der Waals surface area contributed by atoms with Crippen LogP contribution in [-0.4, -0.2) is 28.2 Å². The van der Waals surface area contributed by atoms with Gasteiger partial charge in [0.15, 0.2) is 0 Å². The Morgan fingerprint density at radius 2 is 1.82 bits per heavy atom. The van der Waals surface area contributed by atoms with Crippen molar-refractivity contribution in [3.05, 3.63) is 82.7 Å². The average molecular weight is 442 g/mol. The third kappa shape index (κ3) is 4.51. The summed E-state index contributed by atoms with van der Waals surface area (Å²) in [4.78, 5) is 20.7. The van der Waals surface area contributed by atoms with E-state index in [0.29, 0.717) is 17.1 Å². The number of aryl methyl sites for hydroxylation is 3. The van der Waals surface area contributed by atoms with Gasteiger partial charge in [0.25, 0.3) is 0 Å². The fourth-order valence-electron chi connectivity index (χ4n) is 4.08. The molecule has 6 heteroatoms. The first-order valence-electron chi connectivity index (χ1n) is 10.8. The lowest BCUT2D eigenvalue weighted by Crippen LogP contribution is -2.10. The van der Waals surface area contributed by atoms with Gasteiger partial charge in [-0.3, -0.25) is 0 Å². The van der Waals surface area contributed by atoms with Crippen molar-refractivity contribution in [2.75, 3.05) is 12.4 Å². The van der Waals surface area contributed by atoms with Gasteiger partial charge in [-0.1, -0.05) is 42.0 Å². The minimum absolute atomic E-state index is 0.0463. The number of ether oxygens (including phenoxy) is 1. The number of methoxy groups -OCH3 is 1. The first-order chi connectivity index (χ1) is 15.8. The van der Waals surface area contributed by atoms with E-state index in [0.717, 1.165) is 27.8 Å². The molecule has 2 N–H and O–H groups in total. The number of carboxylic acids is 1. The molecule has 0 radical (unpaired) electrons. The number of carboxylic acid groups (broad SMARTS) is 1. The van der Waals surface area contributed by atoms with Gasteiger partial charge in [-0.15, -0.1) is 0 Å². The van der Waals surface area contributed by atoms with Crippen LogP contribution in [0.1, 0.15) is 45.8 Å². The SMILES string of the molecule is COc1cc2nc(C)nc(N[C@@H](C)c3cccc(C)c3)c2cc1-c1ccc(C(=O)O)c(C)c1. The van der Waals surface area contributed by atoms with Gasteiger partial charge >= 0.3 is 5.97 Å². The molecule has 4 rings (SSSR count). The topological polar surface area (TPSA) is 84.3 Å². The van der Waals surface area contributed by atoms with Crippen molar-refractivity contribution in [1.29, 1.82) is 0 Å². The second-order valence-corrected chi connectivity index (χ2v) is 8.30. The molecule has 6 nitrogen and oxygen atoms in total. The van der Waals surface area contributed by atoms with E-state index in [1.165, 1.54) is 11.1 Å². The smallest absolute Gasteiger partial charge is 0.335 e. The Labute approximate surface area is 193 Å². The highest BCUT2D eigenvalue weighted by molar-refractivity contribution is 5.96. The van der Waals surface area contributed by atoms with Crippen molar-refractivity contribution < 1.29 is 14.6 Å². The fourth-order valence-corrected chi connectivity index (χ4v) is 4.08. The highest BCUT2D eigenvalue weighted by atomic mass is 16.5. The Bertz CT molecular complexity index is 1360. The molecule has 3 aromatic carbocycles. The van der Waals surface area contributed by atoms with Crippen LogP contribution in [0.3, 0.4) is 0 Å². The number of rotatable bonds is 6. The van der Waals surface area contributed by atoms with Crippen molar-refractivity contribution in [1.82, 2.24) is 9.97 Å². The molecule has 0 saturated heterocycles. The van der Waals surface area contributed by atoms with E-state index >= 15 is 0 Å². The van der Waals surface area contributed by atoms with Crippen LogP contribution in [0.2, 0.25) is 0 Å². The van der Waals surface area contributed by atoms with E-state index in [2.05, 4.69) is 48.4 Å². The maximum absolute atomic E-state index is 11.4. The standard InChI is InChI=1S/C27H27N3O3/c1-15-7-6-8-19(11-15)17(3)28-26-23-13-22(20-9-10-21(27(31)32)16(2)12-20)25(33-5)14-24(23)29-18(4)30-26/h6-14,17H,1-5H3,(H,31,32)(H,28,29,30)/t17-/m0/s1. The monoisotopic (exact) mass is 441 g/mol. The number of benzene rings is 3. The van der Waals surface area contributed by atoms with Crippen LogP contribution in [0.15, 0.2) is 54.6 Å². The van der Waals surface area contributed by atoms with Gasteiger partial charge in [0.05, 0.1) is 18.2 Å². The molecular formula is C27H27N3O3. The number of anilines is 1. The van der Waals surface area contributed by atoms with Gasteiger partial charge in [-0.05, 0) is 56.5 Å². The van der Waals surface area contributed by atoms with Crippen LogP contribution in [0, 0.1) is 20.8 Å². The lowest BCUT2D eigenvalue weighted by molar-refractivity contribution is 0.0696. The van der Waals surface area contributed by atoms with E-state index in [-0.39, 0.29) is 11.6 Å². The zero-order chi connectivity index (χ0) is 23.7. The van der Waals surface area contributed by atoms with Crippen molar-refractivity contribution in [3.63, 3.8) is 0 Å². The largest absolute Gasteiger partial charge is 0.496 e. The Kier molecular flexibility index (Phi) is 6.01. The summed E-state index contributed by atoms with van der Waals surface area (Å²) in [6.07, 6.45) is 0. The summed E-state index contributed by atoms with van der Waals surface area (Å²) in [7, 11) is 1.62. The van der Waals surface area contributed by atoms with Gasteiger partial charge in [0.1, 0.15) is 17.4 Å². The number of aromatic nitrogens is 2. The quantitative estimate of drug-likeness (QED) is 0.376. The number of aromatic carboxylic acids is 1. The number of carbonyl (C=O) groups is 1. The molecule has 0 unspecified atom stereocenters. The van der Waals surface area contributed by atoms with Crippen molar-refractivity contribution >= 4 is 22.7 Å². The number of fused-ring (bicyclic) bond motifs is 1. The maximum atomic E-state index is 11.4. The van der Waals surface area contributed by atoms with Gasteiger partial charge in [-0.2, -0.15) is 0 Å². The van der Waals surface area contributed by atoms with E-state index in [9.17, 15) is 9.90 Å². The van der Waals surface area contributed by atoms with Crippen LogP contribution >= 0.6 is 0 Å². The van der Waals surface area contributed by atoms with E-state index < -0.39 is 5.97 Å². The molecule has 0 fully saturated rings. The van der Waals surface area contributed by atoms with Crippen LogP contribution in [0.25, 0.3) is 22.0 Å². The predicted octanol–water partition coefficient (Wildman–Crippen LogP) is 6.10. The van der Waals surface area contributed by atoms with Crippen LogP contribution < -0.4 is 10.1 Å². The molecular weight excluding hydrogens is 414 g/mol. The molecule has 1 atom stereocenters. The summed E-state index contributed by atoms with van der Waals surface area (Å²) in [6.45, 7) is 7.85. The fraction of sp³-hybridized carbons (Fsp3) is 0.222. The van der Waals surface area contributed by atoms with Crippen LogP contribution in [0.5, 0.6) is 5.75 Å². The maximum Gasteiger partial charge on any atom is 0.335 e. The summed E-state index contributed by atoms with van der Waals surface area (Å²) in [6, 6.07) is 17.6. The first-order valence-corrected chi connectivity index (χ1v) is 10.8. The molecule has 168 valence electrons. The molecule has 0 spiro atoms. The number of hydrogen-bond donors (Lipinski definition) is 2. The van der Waals surface area contributed by atoms with Gasteiger partial charge in [-0.25, -0.2) is 14.8 Å². The molecule has 0 amide bonds. The minimum atomic E-state index is -0.940. The second-order valence-electron chi connectivity index (χ2n) is 8.30. The normalized spacial score (nSPS) is 11.9. The zero-order valence-electron chi connectivity index (χ0n) is 19.4. The second kappa shape index (κ2) is 8.90. The minimum Gasteiger partial charge on any atom is -0.496 e. The summed E-state index contributed by atoms with van der Waals surface area (Å²) in [5, 5.41) is 13.8. The Morgan fingerprint density at radius 3 is 2.48 bits per heavy atom. The lowest BCUT2D eigenvalue weighted by atomic mass is 9.97. The highest BCUT2D eigenvalue weighted by Gasteiger charge is 2.16. The van der Waals surface area contributed by atoms with E-state index in [1.807, 2.05) is 25.1 Å². The predicted molar refractivity (Wildman–Crippen MR) is 131 cm³/mol. The Morgan fingerprint density at radius 1 is 1.03 bits per heavy atom. The summed E-state index contributed by atoms with van der Waals surface area (Å²) in [5.41, 5.74) is 5.85.